The van der Waals surface area contributed by atoms with E-state index < -0.39 is 17.7 Å². The Morgan fingerprint density at radius 1 is 1.10 bits per heavy atom. The fourth-order valence-corrected chi connectivity index (χ4v) is 3.81. The molecule has 5 nitrogen and oxygen atoms in total. The van der Waals surface area contributed by atoms with Gasteiger partial charge >= 0.3 is 0 Å². The van der Waals surface area contributed by atoms with Crippen molar-refractivity contribution in [2.75, 3.05) is 13.2 Å². The highest BCUT2D eigenvalue weighted by Crippen LogP contribution is 2.41. The first kappa shape index (κ1) is 23.2. The number of benzene rings is 2. The zero-order valence-corrected chi connectivity index (χ0v) is 19.2. The fourth-order valence-electron chi connectivity index (χ4n) is 3.51. The van der Waals surface area contributed by atoms with E-state index in [0.717, 1.165) is 0 Å². The molecule has 0 radical (unpaired) electrons. The molecule has 0 spiro atoms. The quantitative estimate of drug-likeness (QED) is 0.318. The van der Waals surface area contributed by atoms with Crippen molar-refractivity contribution < 1.29 is 19.4 Å². The number of carbonyl (C=O) groups is 2. The largest absolute Gasteiger partial charge is 0.507 e. The van der Waals surface area contributed by atoms with Crippen LogP contribution < -0.4 is 4.74 Å². The van der Waals surface area contributed by atoms with Gasteiger partial charge in [0, 0.05) is 12.1 Å². The number of hydrogen-bond acceptors (Lipinski definition) is 4. The summed E-state index contributed by atoms with van der Waals surface area (Å²) in [5.74, 6) is -0.548. The van der Waals surface area contributed by atoms with E-state index in [0.29, 0.717) is 52.4 Å². The van der Waals surface area contributed by atoms with E-state index in [1.807, 2.05) is 6.92 Å². The summed E-state index contributed by atoms with van der Waals surface area (Å²) in [5.41, 5.74) is 1.07. The Labute approximate surface area is 192 Å². The van der Waals surface area contributed by atoms with Crippen LogP contribution in [0.4, 0.5) is 0 Å². The van der Waals surface area contributed by atoms with Crippen LogP contribution >= 0.6 is 23.2 Å². The molecule has 2 aromatic rings. The van der Waals surface area contributed by atoms with Crippen LogP contribution in [-0.4, -0.2) is 34.8 Å². The van der Waals surface area contributed by atoms with Gasteiger partial charge in [0.15, 0.2) is 0 Å². The summed E-state index contributed by atoms with van der Waals surface area (Å²) in [7, 11) is 0. The number of hydrogen-bond donors (Lipinski definition) is 1. The van der Waals surface area contributed by atoms with Crippen molar-refractivity contribution in [2.24, 2.45) is 5.92 Å². The van der Waals surface area contributed by atoms with E-state index in [9.17, 15) is 14.7 Å². The maximum absolute atomic E-state index is 12.9. The highest BCUT2D eigenvalue weighted by Gasteiger charge is 2.45. The first-order valence-corrected chi connectivity index (χ1v) is 11.0. The van der Waals surface area contributed by atoms with Gasteiger partial charge in [0.1, 0.15) is 11.5 Å². The van der Waals surface area contributed by atoms with E-state index in [1.54, 1.807) is 42.5 Å². The van der Waals surface area contributed by atoms with Gasteiger partial charge in [-0.3, -0.25) is 9.59 Å². The van der Waals surface area contributed by atoms with Gasteiger partial charge in [-0.15, -0.1) is 0 Å². The SMILES string of the molecule is CCCN1C(=O)C(=O)/C(=C(\O)c2ccc(OCC(C)C)cc2)C1c1ccc(Cl)c(Cl)c1. The summed E-state index contributed by atoms with van der Waals surface area (Å²) in [6, 6.07) is 11.0. The molecule has 1 saturated heterocycles. The third-order valence-corrected chi connectivity index (χ3v) is 5.71. The Morgan fingerprint density at radius 2 is 1.77 bits per heavy atom. The lowest BCUT2D eigenvalue weighted by Gasteiger charge is -2.25. The number of ketones is 1. The molecule has 1 unspecified atom stereocenters. The molecular formula is C24H25Cl2NO4. The van der Waals surface area contributed by atoms with Crippen molar-refractivity contribution in [3.8, 4) is 5.75 Å². The molecule has 0 bridgehead atoms. The van der Waals surface area contributed by atoms with E-state index in [2.05, 4.69) is 13.8 Å². The predicted octanol–water partition coefficient (Wildman–Crippen LogP) is 5.86. The summed E-state index contributed by atoms with van der Waals surface area (Å²) >= 11 is 12.2. The Kier molecular flexibility index (Phi) is 7.29. The van der Waals surface area contributed by atoms with Gasteiger partial charge in [-0.25, -0.2) is 0 Å². The minimum Gasteiger partial charge on any atom is -0.507 e. The molecule has 3 rings (SSSR count). The highest BCUT2D eigenvalue weighted by molar-refractivity contribution is 6.46. The maximum atomic E-state index is 12.9. The van der Waals surface area contributed by atoms with Crippen molar-refractivity contribution in [3.05, 3.63) is 69.2 Å². The van der Waals surface area contributed by atoms with E-state index in [-0.39, 0.29) is 11.3 Å². The Hall–Kier alpha value is -2.50. The van der Waals surface area contributed by atoms with E-state index in [1.165, 1.54) is 4.90 Å². The van der Waals surface area contributed by atoms with Gasteiger partial charge in [-0.2, -0.15) is 0 Å². The van der Waals surface area contributed by atoms with Gasteiger partial charge in [-0.05, 0) is 54.3 Å². The number of halogens is 2. The molecule has 1 heterocycles. The molecule has 1 amide bonds. The molecule has 31 heavy (non-hydrogen) atoms. The average Bonchev–Trinajstić information content (AvgIpc) is 2.99. The molecule has 7 heteroatoms. The smallest absolute Gasteiger partial charge is 0.295 e. The van der Waals surface area contributed by atoms with Crippen LogP contribution in [0.15, 0.2) is 48.0 Å². The Bertz CT molecular complexity index is 1010. The van der Waals surface area contributed by atoms with Crippen LogP contribution in [0.3, 0.4) is 0 Å². The number of amides is 1. The minimum absolute atomic E-state index is 0.0349. The van der Waals surface area contributed by atoms with Crippen LogP contribution in [-0.2, 0) is 9.59 Å². The van der Waals surface area contributed by atoms with Crippen LogP contribution in [0, 0.1) is 5.92 Å². The monoisotopic (exact) mass is 461 g/mol. The van der Waals surface area contributed by atoms with Crippen LogP contribution in [0.2, 0.25) is 10.0 Å². The molecule has 164 valence electrons. The van der Waals surface area contributed by atoms with Crippen molar-refractivity contribution in [2.45, 2.75) is 33.2 Å². The van der Waals surface area contributed by atoms with Gasteiger partial charge < -0.3 is 14.7 Å². The normalized spacial score (nSPS) is 18.1. The number of aliphatic hydroxyl groups is 1. The van der Waals surface area contributed by atoms with Gasteiger partial charge in [0.05, 0.1) is 28.3 Å². The molecule has 2 aromatic carbocycles. The second-order valence-electron chi connectivity index (χ2n) is 7.90. The number of ether oxygens (including phenoxy) is 1. The number of Topliss-reactive ketones (excluding diaryl/α,β-unsaturated/α-hetero) is 1. The zero-order valence-electron chi connectivity index (χ0n) is 17.7. The average molecular weight is 462 g/mol. The summed E-state index contributed by atoms with van der Waals surface area (Å²) < 4.78 is 5.68. The minimum atomic E-state index is -0.744. The van der Waals surface area contributed by atoms with Crippen molar-refractivity contribution >= 4 is 40.7 Å². The molecule has 0 saturated carbocycles. The summed E-state index contributed by atoms with van der Waals surface area (Å²) in [6.45, 7) is 6.97. The van der Waals surface area contributed by atoms with Crippen molar-refractivity contribution in [1.29, 1.82) is 0 Å². The number of likely N-dealkylation sites (tertiary alicyclic amines) is 1. The van der Waals surface area contributed by atoms with Crippen molar-refractivity contribution in [1.82, 2.24) is 4.90 Å². The topological polar surface area (TPSA) is 66.8 Å². The molecule has 0 aromatic heterocycles. The van der Waals surface area contributed by atoms with Crippen LogP contribution in [0.25, 0.3) is 5.76 Å². The summed E-state index contributed by atoms with van der Waals surface area (Å²) in [4.78, 5) is 27.1. The lowest BCUT2D eigenvalue weighted by Crippen LogP contribution is -2.30. The summed E-state index contributed by atoms with van der Waals surface area (Å²) in [5, 5.41) is 11.7. The number of nitrogens with zero attached hydrogens (tertiary/aromatic N) is 1. The standard InChI is InChI=1S/C24H25Cl2NO4/c1-4-11-27-21(16-7-10-18(25)19(26)12-16)20(23(29)24(27)30)22(28)15-5-8-17(9-6-15)31-13-14(2)3/h5-10,12,14,21,28H,4,11,13H2,1-3H3/b22-20-. The predicted molar refractivity (Wildman–Crippen MR) is 123 cm³/mol. The molecule has 1 N–H and O–H groups in total. The third-order valence-electron chi connectivity index (χ3n) is 4.97. The number of carbonyl (C=O) groups excluding carboxylic acids is 2. The molecule has 1 atom stereocenters. The van der Waals surface area contributed by atoms with Gasteiger partial charge in [-0.1, -0.05) is 50.0 Å². The molecule has 1 aliphatic rings. The lowest BCUT2D eigenvalue weighted by atomic mass is 9.95. The lowest BCUT2D eigenvalue weighted by molar-refractivity contribution is -0.139. The van der Waals surface area contributed by atoms with Crippen LogP contribution in [0.1, 0.15) is 44.4 Å². The third kappa shape index (κ3) is 4.89. The van der Waals surface area contributed by atoms with Crippen molar-refractivity contribution in [3.63, 3.8) is 0 Å². The second-order valence-corrected chi connectivity index (χ2v) is 8.71. The Morgan fingerprint density at radius 3 is 2.35 bits per heavy atom. The molecule has 1 aliphatic heterocycles. The summed E-state index contributed by atoms with van der Waals surface area (Å²) in [6.07, 6.45) is 0.659. The van der Waals surface area contributed by atoms with Gasteiger partial charge in [0.2, 0.25) is 0 Å². The zero-order chi connectivity index (χ0) is 22.7. The number of aliphatic hydroxyl groups excluding tert-OH is 1. The van der Waals surface area contributed by atoms with Gasteiger partial charge in [0.25, 0.3) is 11.7 Å². The highest BCUT2D eigenvalue weighted by atomic mass is 35.5. The van der Waals surface area contributed by atoms with E-state index >= 15 is 0 Å². The molecular weight excluding hydrogens is 437 g/mol. The first-order valence-electron chi connectivity index (χ1n) is 10.2. The maximum Gasteiger partial charge on any atom is 0.295 e. The fraction of sp³-hybridized carbons (Fsp3) is 0.333. The van der Waals surface area contributed by atoms with E-state index in [4.69, 9.17) is 27.9 Å². The molecule has 0 aliphatic carbocycles. The Balaban J connectivity index is 2.05. The molecule has 1 fully saturated rings. The second kappa shape index (κ2) is 9.75. The number of rotatable bonds is 7. The first-order chi connectivity index (χ1) is 14.7. The van der Waals surface area contributed by atoms with Crippen LogP contribution in [0.5, 0.6) is 5.75 Å².